The Morgan fingerprint density at radius 2 is 1.84 bits per heavy atom. The standard InChI is InChI=1S/C19H27N5O/c20-19-21-12-17(13-22-19)14-23-9-10-24(18(15-23)7-11-25)8-6-16-4-2-1-3-5-16/h1-5,12-13,18,25H,6-11,14-15H2,(H2,20,21,22). The van der Waals surface area contributed by atoms with Gasteiger partial charge in [-0.2, -0.15) is 0 Å². The summed E-state index contributed by atoms with van der Waals surface area (Å²) in [4.78, 5) is 13.1. The fraction of sp³-hybridized carbons (Fsp3) is 0.474. The number of anilines is 1. The molecule has 1 saturated heterocycles. The number of hydrogen-bond acceptors (Lipinski definition) is 6. The number of aliphatic hydroxyl groups is 1. The van der Waals surface area contributed by atoms with Crippen molar-refractivity contribution in [3.05, 3.63) is 53.9 Å². The molecule has 0 aliphatic carbocycles. The van der Waals surface area contributed by atoms with Gasteiger partial charge in [0, 0.05) is 63.3 Å². The summed E-state index contributed by atoms with van der Waals surface area (Å²) in [5, 5.41) is 9.45. The Morgan fingerprint density at radius 1 is 1.08 bits per heavy atom. The first kappa shape index (κ1) is 17.8. The number of nitrogens with zero attached hydrogens (tertiary/aromatic N) is 4. The van der Waals surface area contributed by atoms with Gasteiger partial charge in [0.1, 0.15) is 0 Å². The molecule has 2 aromatic rings. The number of aliphatic hydroxyl groups excluding tert-OH is 1. The normalized spacial score (nSPS) is 19.2. The highest BCUT2D eigenvalue weighted by Gasteiger charge is 2.26. The van der Waals surface area contributed by atoms with Crippen molar-refractivity contribution in [3.63, 3.8) is 0 Å². The molecule has 1 aromatic heterocycles. The molecule has 6 nitrogen and oxygen atoms in total. The third kappa shape index (κ3) is 5.22. The van der Waals surface area contributed by atoms with Gasteiger partial charge < -0.3 is 10.8 Å². The van der Waals surface area contributed by atoms with Crippen LogP contribution in [0.1, 0.15) is 17.5 Å². The molecule has 6 heteroatoms. The van der Waals surface area contributed by atoms with Crippen LogP contribution in [0.4, 0.5) is 5.95 Å². The van der Waals surface area contributed by atoms with Crippen LogP contribution >= 0.6 is 0 Å². The maximum atomic E-state index is 9.45. The monoisotopic (exact) mass is 341 g/mol. The lowest BCUT2D eigenvalue weighted by Crippen LogP contribution is -2.53. The van der Waals surface area contributed by atoms with E-state index in [9.17, 15) is 5.11 Å². The second-order valence-electron chi connectivity index (χ2n) is 6.62. The molecule has 1 atom stereocenters. The number of piperazine rings is 1. The van der Waals surface area contributed by atoms with Crippen LogP contribution in [0, 0.1) is 0 Å². The van der Waals surface area contributed by atoms with E-state index in [0.29, 0.717) is 12.0 Å². The molecular weight excluding hydrogens is 314 g/mol. The summed E-state index contributed by atoms with van der Waals surface area (Å²) in [5.41, 5.74) is 8.00. The summed E-state index contributed by atoms with van der Waals surface area (Å²) in [7, 11) is 0. The third-order valence-corrected chi connectivity index (χ3v) is 4.81. The molecule has 3 rings (SSSR count). The number of aromatic nitrogens is 2. The van der Waals surface area contributed by atoms with Gasteiger partial charge in [0.2, 0.25) is 5.95 Å². The number of hydrogen-bond donors (Lipinski definition) is 2. The first-order valence-electron chi connectivity index (χ1n) is 8.92. The zero-order valence-corrected chi connectivity index (χ0v) is 14.6. The van der Waals surface area contributed by atoms with Crippen molar-refractivity contribution in [2.75, 3.05) is 38.5 Å². The summed E-state index contributed by atoms with van der Waals surface area (Å²) in [6.45, 7) is 5.09. The van der Waals surface area contributed by atoms with E-state index < -0.39 is 0 Å². The number of rotatable bonds is 7. The van der Waals surface area contributed by atoms with Crippen molar-refractivity contribution in [1.82, 2.24) is 19.8 Å². The van der Waals surface area contributed by atoms with E-state index in [-0.39, 0.29) is 6.61 Å². The fourth-order valence-corrected chi connectivity index (χ4v) is 3.44. The molecule has 1 aromatic carbocycles. The van der Waals surface area contributed by atoms with Gasteiger partial charge >= 0.3 is 0 Å². The second kappa shape index (κ2) is 8.89. The Labute approximate surface area is 149 Å². The lowest BCUT2D eigenvalue weighted by molar-refractivity contribution is 0.0561. The van der Waals surface area contributed by atoms with E-state index in [4.69, 9.17) is 5.73 Å². The van der Waals surface area contributed by atoms with Gasteiger partial charge in [0.05, 0.1) is 0 Å². The van der Waals surface area contributed by atoms with E-state index in [1.165, 1.54) is 5.56 Å². The van der Waals surface area contributed by atoms with E-state index in [1.54, 1.807) is 12.4 Å². The SMILES string of the molecule is Nc1ncc(CN2CCN(CCc3ccccc3)C(CCO)C2)cn1. The highest BCUT2D eigenvalue weighted by molar-refractivity contribution is 5.17. The third-order valence-electron chi connectivity index (χ3n) is 4.81. The van der Waals surface area contributed by atoms with Gasteiger partial charge in [-0.25, -0.2) is 9.97 Å². The molecule has 25 heavy (non-hydrogen) atoms. The predicted molar refractivity (Wildman–Crippen MR) is 98.9 cm³/mol. The number of nitrogen functional groups attached to an aromatic ring is 1. The first-order valence-corrected chi connectivity index (χ1v) is 8.92. The number of nitrogens with two attached hydrogens (primary N) is 1. The minimum absolute atomic E-state index is 0.228. The van der Waals surface area contributed by atoms with Crippen molar-refractivity contribution in [2.45, 2.75) is 25.4 Å². The van der Waals surface area contributed by atoms with Crippen LogP contribution < -0.4 is 5.73 Å². The quantitative estimate of drug-likeness (QED) is 0.787. The molecule has 0 bridgehead atoms. The minimum Gasteiger partial charge on any atom is -0.396 e. The summed E-state index contributed by atoms with van der Waals surface area (Å²) < 4.78 is 0. The summed E-state index contributed by atoms with van der Waals surface area (Å²) in [5.74, 6) is 0.313. The fourth-order valence-electron chi connectivity index (χ4n) is 3.44. The van der Waals surface area contributed by atoms with E-state index in [2.05, 4.69) is 50.1 Å². The molecule has 0 spiro atoms. The highest BCUT2D eigenvalue weighted by atomic mass is 16.3. The Morgan fingerprint density at radius 3 is 2.56 bits per heavy atom. The molecule has 1 fully saturated rings. The van der Waals surface area contributed by atoms with Crippen LogP contribution in [-0.4, -0.2) is 63.7 Å². The molecule has 1 aliphatic heterocycles. The molecule has 0 radical (unpaired) electrons. The van der Waals surface area contributed by atoms with Crippen molar-refractivity contribution in [3.8, 4) is 0 Å². The van der Waals surface area contributed by atoms with Gasteiger partial charge in [0.15, 0.2) is 0 Å². The van der Waals surface area contributed by atoms with Crippen molar-refractivity contribution < 1.29 is 5.11 Å². The van der Waals surface area contributed by atoms with Gasteiger partial charge in [0.25, 0.3) is 0 Å². The average Bonchev–Trinajstić information content (AvgIpc) is 2.64. The molecule has 1 aliphatic rings. The maximum absolute atomic E-state index is 9.45. The highest BCUT2D eigenvalue weighted by Crippen LogP contribution is 2.16. The van der Waals surface area contributed by atoms with Crippen LogP contribution in [0.2, 0.25) is 0 Å². The molecule has 2 heterocycles. The van der Waals surface area contributed by atoms with Crippen LogP contribution in [0.3, 0.4) is 0 Å². The zero-order chi connectivity index (χ0) is 17.5. The van der Waals surface area contributed by atoms with Gasteiger partial charge in [-0.3, -0.25) is 9.80 Å². The first-order chi connectivity index (χ1) is 12.2. The van der Waals surface area contributed by atoms with Crippen molar-refractivity contribution in [1.29, 1.82) is 0 Å². The van der Waals surface area contributed by atoms with Crippen LogP contribution in [0.5, 0.6) is 0 Å². The molecular formula is C19H27N5O. The maximum Gasteiger partial charge on any atom is 0.219 e. The van der Waals surface area contributed by atoms with Gasteiger partial charge in [-0.15, -0.1) is 0 Å². The molecule has 134 valence electrons. The zero-order valence-electron chi connectivity index (χ0n) is 14.6. The van der Waals surface area contributed by atoms with Gasteiger partial charge in [-0.05, 0) is 18.4 Å². The Bertz CT molecular complexity index is 634. The average molecular weight is 341 g/mol. The van der Waals surface area contributed by atoms with Crippen molar-refractivity contribution >= 4 is 5.95 Å². The Kier molecular flexibility index (Phi) is 6.33. The summed E-state index contributed by atoms with van der Waals surface area (Å²) in [6, 6.07) is 11.0. The Balaban J connectivity index is 1.55. The van der Waals surface area contributed by atoms with Crippen LogP contribution in [0.25, 0.3) is 0 Å². The van der Waals surface area contributed by atoms with E-state index in [0.717, 1.165) is 51.1 Å². The number of benzene rings is 1. The predicted octanol–water partition coefficient (Wildman–Crippen LogP) is 1.17. The van der Waals surface area contributed by atoms with E-state index >= 15 is 0 Å². The molecule has 0 saturated carbocycles. The molecule has 0 amide bonds. The lowest BCUT2D eigenvalue weighted by Gasteiger charge is -2.41. The minimum atomic E-state index is 0.228. The largest absolute Gasteiger partial charge is 0.396 e. The van der Waals surface area contributed by atoms with Crippen molar-refractivity contribution in [2.24, 2.45) is 0 Å². The molecule has 3 N–H and O–H groups in total. The topological polar surface area (TPSA) is 78.5 Å². The smallest absolute Gasteiger partial charge is 0.219 e. The second-order valence-corrected chi connectivity index (χ2v) is 6.62. The van der Waals surface area contributed by atoms with Gasteiger partial charge in [-0.1, -0.05) is 30.3 Å². The molecule has 1 unspecified atom stereocenters. The Hall–Kier alpha value is -2.02. The van der Waals surface area contributed by atoms with Crippen LogP contribution in [-0.2, 0) is 13.0 Å². The van der Waals surface area contributed by atoms with E-state index in [1.807, 2.05) is 0 Å². The lowest BCUT2D eigenvalue weighted by atomic mass is 10.1. The van der Waals surface area contributed by atoms with Crippen LogP contribution in [0.15, 0.2) is 42.7 Å². The summed E-state index contributed by atoms with van der Waals surface area (Å²) >= 11 is 0. The summed E-state index contributed by atoms with van der Waals surface area (Å²) in [6.07, 6.45) is 5.45.